The molecular weight excluding hydrogens is 566 g/mol. The van der Waals surface area contributed by atoms with Crippen molar-refractivity contribution in [3.05, 3.63) is 99.6 Å². The number of phenolic OH excluding ortho intramolecular Hbond substituents is 1. The van der Waals surface area contributed by atoms with Crippen molar-refractivity contribution in [1.82, 2.24) is 15.5 Å². The number of carbonyl (C=O) groups excluding carboxylic acids is 3. The number of aliphatic hydroxyl groups is 1. The van der Waals surface area contributed by atoms with Gasteiger partial charge in [0.25, 0.3) is 11.8 Å². The second-order valence-corrected chi connectivity index (χ2v) is 12.3. The van der Waals surface area contributed by atoms with Crippen LogP contribution in [0.15, 0.2) is 66.7 Å². The van der Waals surface area contributed by atoms with Gasteiger partial charge in [0.15, 0.2) is 0 Å². The number of aliphatic hydroxyl groups excluding tert-OH is 1. The van der Waals surface area contributed by atoms with E-state index in [1.807, 2.05) is 58.0 Å². The highest BCUT2D eigenvalue weighted by atomic mass is 35.5. The van der Waals surface area contributed by atoms with Crippen LogP contribution in [0.2, 0.25) is 5.02 Å². The molecule has 230 valence electrons. The Hall–Kier alpha value is -3.88. The Morgan fingerprint density at radius 2 is 1.56 bits per heavy atom. The first kappa shape index (κ1) is 33.6. The SMILES string of the molecule is CC(=O)N(CCC(O)C(Cc1ccccc1)NC(=O)c1cccc(O)c1C)C(C)c1cccc(C(=O)NC(C)(C)C)c1Cl. The number of amides is 3. The summed E-state index contributed by atoms with van der Waals surface area (Å²) in [5.41, 5.74) is 2.16. The van der Waals surface area contributed by atoms with Crippen molar-refractivity contribution in [2.75, 3.05) is 6.54 Å². The minimum absolute atomic E-state index is 0.0116. The fourth-order valence-electron chi connectivity index (χ4n) is 4.99. The summed E-state index contributed by atoms with van der Waals surface area (Å²) in [6.45, 7) is 10.8. The average Bonchev–Trinajstić information content (AvgIpc) is 2.93. The predicted octanol–water partition coefficient (Wildman–Crippen LogP) is 5.58. The summed E-state index contributed by atoms with van der Waals surface area (Å²) in [6.07, 6.45) is -0.476. The van der Waals surface area contributed by atoms with Gasteiger partial charge >= 0.3 is 0 Å². The molecular formula is C34H42ClN3O5. The Morgan fingerprint density at radius 3 is 2.19 bits per heavy atom. The van der Waals surface area contributed by atoms with E-state index in [0.29, 0.717) is 28.7 Å². The largest absolute Gasteiger partial charge is 0.508 e. The number of halogens is 1. The van der Waals surface area contributed by atoms with E-state index in [9.17, 15) is 24.6 Å². The Bertz CT molecular complexity index is 1440. The lowest BCUT2D eigenvalue weighted by molar-refractivity contribution is -0.131. The van der Waals surface area contributed by atoms with Gasteiger partial charge in [-0.05, 0) is 76.8 Å². The van der Waals surface area contributed by atoms with Crippen LogP contribution in [-0.2, 0) is 11.2 Å². The van der Waals surface area contributed by atoms with E-state index >= 15 is 0 Å². The quantitative estimate of drug-likeness (QED) is 0.227. The van der Waals surface area contributed by atoms with Crippen molar-refractivity contribution < 1.29 is 24.6 Å². The zero-order chi connectivity index (χ0) is 31.9. The summed E-state index contributed by atoms with van der Waals surface area (Å²) < 4.78 is 0. The third-order valence-electron chi connectivity index (χ3n) is 7.38. The Labute approximate surface area is 259 Å². The summed E-state index contributed by atoms with van der Waals surface area (Å²) in [5.74, 6) is -0.933. The second kappa shape index (κ2) is 14.5. The maximum atomic E-state index is 13.2. The highest BCUT2D eigenvalue weighted by Gasteiger charge is 2.28. The molecule has 3 rings (SSSR count). The Morgan fingerprint density at radius 1 is 0.930 bits per heavy atom. The summed E-state index contributed by atoms with van der Waals surface area (Å²) in [6, 6.07) is 18.2. The van der Waals surface area contributed by atoms with Gasteiger partial charge in [0.1, 0.15) is 5.75 Å². The normalized spacial score (nSPS) is 13.5. The van der Waals surface area contributed by atoms with Crippen LogP contribution in [-0.4, -0.2) is 57.1 Å². The van der Waals surface area contributed by atoms with Gasteiger partial charge in [-0.25, -0.2) is 0 Å². The van der Waals surface area contributed by atoms with Crippen LogP contribution < -0.4 is 10.6 Å². The van der Waals surface area contributed by atoms with E-state index in [1.165, 1.54) is 13.0 Å². The van der Waals surface area contributed by atoms with Crippen LogP contribution in [0.4, 0.5) is 0 Å². The maximum Gasteiger partial charge on any atom is 0.253 e. The number of phenols is 1. The fraction of sp³-hybridized carbons (Fsp3) is 0.382. The third-order valence-corrected chi connectivity index (χ3v) is 7.80. The number of nitrogens with zero attached hydrogens (tertiary/aromatic N) is 1. The second-order valence-electron chi connectivity index (χ2n) is 11.9. The molecule has 0 spiro atoms. The van der Waals surface area contributed by atoms with Crippen LogP contribution in [0.25, 0.3) is 0 Å². The zero-order valence-corrected chi connectivity index (χ0v) is 26.4. The van der Waals surface area contributed by atoms with Crippen molar-refractivity contribution in [2.45, 2.75) is 78.1 Å². The predicted molar refractivity (Wildman–Crippen MR) is 169 cm³/mol. The first-order valence-electron chi connectivity index (χ1n) is 14.4. The molecule has 3 amide bonds. The van der Waals surface area contributed by atoms with Crippen molar-refractivity contribution in [1.29, 1.82) is 0 Å². The number of benzene rings is 3. The number of rotatable bonds is 11. The van der Waals surface area contributed by atoms with Gasteiger partial charge in [-0.2, -0.15) is 0 Å². The summed E-state index contributed by atoms with van der Waals surface area (Å²) in [5, 5.41) is 27.6. The number of hydrogen-bond acceptors (Lipinski definition) is 5. The van der Waals surface area contributed by atoms with E-state index in [1.54, 1.807) is 42.2 Å². The molecule has 3 aromatic carbocycles. The van der Waals surface area contributed by atoms with E-state index < -0.39 is 29.6 Å². The number of carbonyl (C=O) groups is 3. The van der Waals surface area contributed by atoms with Gasteiger partial charge in [0.05, 0.1) is 28.8 Å². The van der Waals surface area contributed by atoms with Crippen molar-refractivity contribution >= 4 is 29.3 Å². The summed E-state index contributed by atoms with van der Waals surface area (Å²) in [4.78, 5) is 40.5. The fourth-order valence-corrected chi connectivity index (χ4v) is 5.36. The van der Waals surface area contributed by atoms with Crippen molar-refractivity contribution in [3.63, 3.8) is 0 Å². The molecule has 0 radical (unpaired) electrons. The number of nitrogens with one attached hydrogen (secondary N) is 2. The van der Waals surface area contributed by atoms with Crippen LogP contribution in [0.5, 0.6) is 5.75 Å². The van der Waals surface area contributed by atoms with Crippen LogP contribution in [0.3, 0.4) is 0 Å². The number of aromatic hydroxyl groups is 1. The lowest BCUT2D eigenvalue weighted by atomic mass is 9.97. The van der Waals surface area contributed by atoms with Crippen molar-refractivity contribution in [3.8, 4) is 5.75 Å². The van der Waals surface area contributed by atoms with Crippen LogP contribution in [0.1, 0.15) is 84.5 Å². The van der Waals surface area contributed by atoms with Gasteiger partial charge in [-0.3, -0.25) is 14.4 Å². The summed E-state index contributed by atoms with van der Waals surface area (Å²) >= 11 is 6.71. The van der Waals surface area contributed by atoms with Gasteiger partial charge in [-0.15, -0.1) is 0 Å². The van der Waals surface area contributed by atoms with E-state index in [2.05, 4.69) is 10.6 Å². The maximum absolute atomic E-state index is 13.2. The highest BCUT2D eigenvalue weighted by molar-refractivity contribution is 6.34. The van der Waals surface area contributed by atoms with Gasteiger partial charge in [0.2, 0.25) is 5.91 Å². The average molecular weight is 608 g/mol. The number of hydrogen-bond donors (Lipinski definition) is 4. The monoisotopic (exact) mass is 607 g/mol. The smallest absolute Gasteiger partial charge is 0.253 e. The molecule has 0 bridgehead atoms. The van der Waals surface area contributed by atoms with Gasteiger partial charge < -0.3 is 25.7 Å². The molecule has 43 heavy (non-hydrogen) atoms. The van der Waals surface area contributed by atoms with E-state index in [0.717, 1.165) is 5.56 Å². The Balaban J connectivity index is 1.81. The minimum atomic E-state index is -1.00. The molecule has 3 unspecified atom stereocenters. The topological polar surface area (TPSA) is 119 Å². The molecule has 0 aliphatic carbocycles. The molecule has 0 fully saturated rings. The molecule has 3 aromatic rings. The molecule has 0 aliphatic heterocycles. The minimum Gasteiger partial charge on any atom is -0.508 e. The first-order valence-corrected chi connectivity index (χ1v) is 14.8. The molecule has 3 atom stereocenters. The molecule has 4 N–H and O–H groups in total. The lowest BCUT2D eigenvalue weighted by Crippen LogP contribution is -2.46. The van der Waals surface area contributed by atoms with E-state index in [4.69, 9.17) is 11.6 Å². The zero-order valence-electron chi connectivity index (χ0n) is 25.6. The molecule has 0 heterocycles. The lowest BCUT2D eigenvalue weighted by Gasteiger charge is -2.32. The highest BCUT2D eigenvalue weighted by Crippen LogP contribution is 2.31. The van der Waals surface area contributed by atoms with Gasteiger partial charge in [0, 0.05) is 30.1 Å². The molecule has 0 saturated carbocycles. The van der Waals surface area contributed by atoms with E-state index in [-0.39, 0.29) is 35.6 Å². The Kier molecular flexibility index (Phi) is 11.4. The van der Waals surface area contributed by atoms with Crippen LogP contribution >= 0.6 is 11.6 Å². The van der Waals surface area contributed by atoms with Gasteiger partial charge in [-0.1, -0.05) is 60.1 Å². The standard InChI is InChI=1S/C34H42ClN3O5/c1-21-25(14-11-17-29(21)40)32(42)36-28(20-24-12-8-7-9-13-24)30(41)18-19-38(23(3)39)22(2)26-15-10-16-27(31(26)35)33(43)37-34(4,5)6/h7-17,22,28,30,40-41H,18-20H2,1-6H3,(H,36,42)(H,37,43). The molecule has 0 aromatic heterocycles. The molecule has 0 aliphatic rings. The third kappa shape index (κ3) is 9.05. The van der Waals surface area contributed by atoms with Crippen molar-refractivity contribution in [2.24, 2.45) is 0 Å². The van der Waals surface area contributed by atoms with Crippen LogP contribution in [0, 0.1) is 6.92 Å². The molecule has 9 heteroatoms. The molecule has 8 nitrogen and oxygen atoms in total. The molecule has 0 saturated heterocycles. The summed E-state index contributed by atoms with van der Waals surface area (Å²) in [7, 11) is 0. The first-order chi connectivity index (χ1) is 20.2.